The highest BCUT2D eigenvalue weighted by atomic mass is 16.5. The lowest BCUT2D eigenvalue weighted by Gasteiger charge is -2.31. The third kappa shape index (κ3) is 2.50. The maximum Gasteiger partial charge on any atom is 0.322 e. The summed E-state index contributed by atoms with van der Waals surface area (Å²) in [6, 6.07) is 8.16. The second-order valence-electron chi connectivity index (χ2n) is 5.26. The van der Waals surface area contributed by atoms with E-state index in [0.717, 1.165) is 30.7 Å². The molecule has 1 aromatic carbocycles. The zero-order chi connectivity index (χ0) is 13.9. The summed E-state index contributed by atoms with van der Waals surface area (Å²) in [6.45, 7) is 2.60. The third-order valence-electron chi connectivity index (χ3n) is 3.96. The molecule has 2 amide bonds. The second-order valence-corrected chi connectivity index (χ2v) is 5.26. The van der Waals surface area contributed by atoms with Gasteiger partial charge in [0.05, 0.1) is 12.6 Å². The van der Waals surface area contributed by atoms with Crippen LogP contribution in [-0.4, -0.2) is 29.6 Å². The van der Waals surface area contributed by atoms with Crippen molar-refractivity contribution in [2.45, 2.75) is 38.3 Å². The molecule has 0 aliphatic carbocycles. The summed E-state index contributed by atoms with van der Waals surface area (Å²) in [5, 5.41) is 2.98. The molecule has 0 unspecified atom stereocenters. The maximum atomic E-state index is 12.4. The van der Waals surface area contributed by atoms with Gasteiger partial charge in [-0.2, -0.15) is 0 Å². The molecule has 1 fully saturated rings. The van der Waals surface area contributed by atoms with Gasteiger partial charge in [0.15, 0.2) is 0 Å². The Bertz CT molecular complexity index is 510. The molecular formula is C16H20N2O2. The van der Waals surface area contributed by atoms with E-state index in [4.69, 9.17) is 4.74 Å². The summed E-state index contributed by atoms with van der Waals surface area (Å²) in [7, 11) is 0. The summed E-state index contributed by atoms with van der Waals surface area (Å²) in [5.74, 6) is 0.825. The van der Waals surface area contributed by atoms with Crippen LogP contribution in [0.4, 0.5) is 10.5 Å². The number of nitrogens with zero attached hydrogens (tertiary/aromatic N) is 1. The monoisotopic (exact) mass is 272 g/mol. The minimum Gasteiger partial charge on any atom is -0.494 e. The quantitative estimate of drug-likeness (QED) is 0.857. The van der Waals surface area contributed by atoms with Gasteiger partial charge in [-0.25, -0.2) is 4.79 Å². The first-order valence-electron chi connectivity index (χ1n) is 7.27. The number of anilines is 1. The molecule has 4 heteroatoms. The van der Waals surface area contributed by atoms with Gasteiger partial charge in [0.1, 0.15) is 5.75 Å². The van der Waals surface area contributed by atoms with Crippen molar-refractivity contribution < 1.29 is 9.53 Å². The number of ether oxygens (including phenoxy) is 1. The topological polar surface area (TPSA) is 41.6 Å². The first kappa shape index (κ1) is 13.0. The Morgan fingerprint density at radius 1 is 1.35 bits per heavy atom. The number of fused-ring (bicyclic) bond motifs is 2. The summed E-state index contributed by atoms with van der Waals surface area (Å²) in [5.41, 5.74) is 0.812. The maximum absolute atomic E-state index is 12.4. The summed E-state index contributed by atoms with van der Waals surface area (Å²) in [6.07, 6.45) is 7.52. The van der Waals surface area contributed by atoms with Gasteiger partial charge in [-0.1, -0.05) is 12.2 Å². The molecule has 20 heavy (non-hydrogen) atoms. The Balaban J connectivity index is 1.65. The first-order valence-corrected chi connectivity index (χ1v) is 7.27. The van der Waals surface area contributed by atoms with Crippen LogP contribution in [0.25, 0.3) is 0 Å². The minimum atomic E-state index is 0.00556. The predicted molar refractivity (Wildman–Crippen MR) is 79.0 cm³/mol. The van der Waals surface area contributed by atoms with Gasteiger partial charge >= 0.3 is 6.03 Å². The summed E-state index contributed by atoms with van der Waals surface area (Å²) in [4.78, 5) is 14.4. The van der Waals surface area contributed by atoms with Crippen molar-refractivity contribution in [3.05, 3.63) is 36.4 Å². The summed E-state index contributed by atoms with van der Waals surface area (Å²) >= 11 is 0. The second kappa shape index (κ2) is 5.57. The zero-order valence-electron chi connectivity index (χ0n) is 11.7. The molecule has 2 bridgehead atoms. The van der Waals surface area contributed by atoms with Gasteiger partial charge in [0, 0.05) is 11.7 Å². The van der Waals surface area contributed by atoms with E-state index >= 15 is 0 Å². The molecule has 0 aromatic heterocycles. The molecule has 106 valence electrons. The largest absolute Gasteiger partial charge is 0.494 e. The molecule has 2 atom stereocenters. The van der Waals surface area contributed by atoms with Crippen LogP contribution < -0.4 is 10.1 Å². The van der Waals surface area contributed by atoms with E-state index < -0.39 is 0 Å². The fourth-order valence-corrected chi connectivity index (χ4v) is 3.03. The van der Waals surface area contributed by atoms with Crippen molar-refractivity contribution in [1.82, 2.24) is 4.90 Å². The number of nitrogens with one attached hydrogen (secondary N) is 1. The predicted octanol–water partition coefficient (Wildman–Crippen LogP) is 3.41. The van der Waals surface area contributed by atoms with E-state index in [9.17, 15) is 4.79 Å². The smallest absolute Gasteiger partial charge is 0.322 e. The average Bonchev–Trinajstić information content (AvgIpc) is 2.71. The summed E-state index contributed by atoms with van der Waals surface area (Å²) < 4.78 is 5.39. The van der Waals surface area contributed by atoms with Crippen molar-refractivity contribution in [3.8, 4) is 5.75 Å². The van der Waals surface area contributed by atoms with Gasteiger partial charge in [-0.3, -0.25) is 0 Å². The van der Waals surface area contributed by atoms with E-state index in [0.29, 0.717) is 12.6 Å². The molecule has 0 radical (unpaired) electrons. The van der Waals surface area contributed by atoms with Crippen LogP contribution in [0, 0.1) is 0 Å². The fraction of sp³-hybridized carbons (Fsp3) is 0.438. The minimum absolute atomic E-state index is 0.00556. The molecule has 4 nitrogen and oxygen atoms in total. The van der Waals surface area contributed by atoms with Crippen molar-refractivity contribution >= 4 is 11.7 Å². The Hall–Kier alpha value is -1.97. The van der Waals surface area contributed by atoms with Gasteiger partial charge in [-0.15, -0.1) is 0 Å². The number of carbonyl (C=O) groups excluding carboxylic acids is 1. The SMILES string of the molecule is CCOc1ccc(NC(=O)N2[C@H]3CC=C[C@H]2CC3)cc1. The average molecular weight is 272 g/mol. The van der Waals surface area contributed by atoms with Gasteiger partial charge in [-0.05, 0) is 50.5 Å². The number of rotatable bonds is 3. The van der Waals surface area contributed by atoms with Gasteiger partial charge in [0.2, 0.25) is 0 Å². The Morgan fingerprint density at radius 3 is 2.85 bits per heavy atom. The van der Waals surface area contributed by atoms with Crippen LogP contribution in [0.1, 0.15) is 26.2 Å². The van der Waals surface area contributed by atoms with E-state index in [1.54, 1.807) is 0 Å². The van der Waals surface area contributed by atoms with E-state index in [-0.39, 0.29) is 12.1 Å². The molecule has 1 N–H and O–H groups in total. The molecule has 1 aromatic rings. The van der Waals surface area contributed by atoms with Crippen LogP contribution in [0.3, 0.4) is 0 Å². The Morgan fingerprint density at radius 2 is 2.15 bits per heavy atom. The Kier molecular flexibility index (Phi) is 3.63. The number of amides is 2. The lowest BCUT2D eigenvalue weighted by atomic mass is 10.1. The molecule has 2 heterocycles. The van der Waals surface area contributed by atoms with Crippen LogP contribution >= 0.6 is 0 Å². The first-order chi connectivity index (χ1) is 9.78. The molecule has 0 spiro atoms. The van der Waals surface area contributed by atoms with Crippen LogP contribution in [-0.2, 0) is 0 Å². The molecule has 2 aliphatic rings. The van der Waals surface area contributed by atoms with Gasteiger partial charge < -0.3 is 15.0 Å². The Labute approximate surface area is 119 Å². The lowest BCUT2D eigenvalue weighted by Crippen LogP contribution is -2.44. The highest BCUT2D eigenvalue weighted by Gasteiger charge is 2.37. The molecule has 3 rings (SSSR count). The fourth-order valence-electron chi connectivity index (χ4n) is 3.03. The van der Waals surface area contributed by atoms with Crippen molar-refractivity contribution in [1.29, 1.82) is 0 Å². The third-order valence-corrected chi connectivity index (χ3v) is 3.96. The lowest BCUT2D eigenvalue weighted by molar-refractivity contribution is 0.192. The highest BCUT2D eigenvalue weighted by Crippen LogP contribution is 2.32. The van der Waals surface area contributed by atoms with Crippen LogP contribution in [0.5, 0.6) is 5.75 Å². The van der Waals surface area contributed by atoms with Crippen molar-refractivity contribution in [2.75, 3.05) is 11.9 Å². The van der Waals surface area contributed by atoms with Crippen LogP contribution in [0.2, 0.25) is 0 Å². The number of benzene rings is 1. The van der Waals surface area contributed by atoms with Gasteiger partial charge in [0.25, 0.3) is 0 Å². The molecular weight excluding hydrogens is 252 g/mol. The van der Waals surface area contributed by atoms with E-state index in [2.05, 4.69) is 17.5 Å². The van der Waals surface area contributed by atoms with Crippen molar-refractivity contribution in [2.24, 2.45) is 0 Å². The van der Waals surface area contributed by atoms with Crippen LogP contribution in [0.15, 0.2) is 36.4 Å². The molecule has 0 saturated carbocycles. The molecule has 2 aliphatic heterocycles. The number of carbonyl (C=O) groups is 1. The van der Waals surface area contributed by atoms with E-state index in [1.807, 2.05) is 36.1 Å². The van der Waals surface area contributed by atoms with E-state index in [1.165, 1.54) is 0 Å². The zero-order valence-corrected chi connectivity index (χ0v) is 11.7. The normalized spacial score (nSPS) is 23.8. The highest BCUT2D eigenvalue weighted by molar-refractivity contribution is 5.90. The number of hydrogen-bond donors (Lipinski definition) is 1. The van der Waals surface area contributed by atoms with Crippen molar-refractivity contribution in [3.63, 3.8) is 0 Å². The number of hydrogen-bond acceptors (Lipinski definition) is 2. The number of urea groups is 1. The molecule has 1 saturated heterocycles. The standard InChI is InChI=1S/C16H20N2O2/c1-2-20-15-10-6-12(7-11-15)17-16(19)18-13-4-3-5-14(18)9-8-13/h3-4,6-7,10-11,13-14H,2,5,8-9H2,1H3,(H,17,19)/t13-,14-/m0/s1.